The van der Waals surface area contributed by atoms with Crippen LogP contribution in [0.3, 0.4) is 0 Å². The molecule has 6 heteroatoms. The van der Waals surface area contributed by atoms with Crippen molar-refractivity contribution in [3.05, 3.63) is 0 Å². The van der Waals surface area contributed by atoms with Crippen LogP contribution in [0.1, 0.15) is 52.9 Å². The van der Waals surface area contributed by atoms with Crippen molar-refractivity contribution in [3.8, 4) is 0 Å². The predicted molar refractivity (Wildman–Crippen MR) is 90.2 cm³/mol. The molecule has 2 aliphatic rings. The molecule has 0 unspecified atom stereocenters. The highest BCUT2D eigenvalue weighted by atomic mass is 19.3. The molecule has 24 heavy (non-hydrogen) atoms. The van der Waals surface area contributed by atoms with E-state index >= 15 is 0 Å². The number of carbonyl (C=O) groups is 1. The fraction of sp³-hybridized carbons (Fsp3) is 0.944. The summed E-state index contributed by atoms with van der Waals surface area (Å²) in [7, 11) is 0. The Labute approximate surface area is 144 Å². The molecule has 0 spiro atoms. The molecule has 1 saturated carbocycles. The summed E-state index contributed by atoms with van der Waals surface area (Å²) in [5, 5.41) is 0. The Morgan fingerprint density at radius 3 is 2.21 bits per heavy atom. The van der Waals surface area contributed by atoms with Crippen LogP contribution >= 0.6 is 0 Å². The average Bonchev–Trinajstić information content (AvgIpc) is 2.55. The lowest BCUT2D eigenvalue weighted by Gasteiger charge is -2.37. The van der Waals surface area contributed by atoms with Crippen molar-refractivity contribution in [1.29, 1.82) is 0 Å². The van der Waals surface area contributed by atoms with Gasteiger partial charge in [-0.25, -0.2) is 0 Å². The Balaban J connectivity index is 1.80. The molecule has 2 fully saturated rings. The first-order valence-electron chi connectivity index (χ1n) is 9.36. The second kappa shape index (κ2) is 8.56. The molecule has 2 rings (SSSR count). The summed E-state index contributed by atoms with van der Waals surface area (Å²) in [5.41, 5.74) is 0. The zero-order chi connectivity index (χ0) is 17.7. The van der Waals surface area contributed by atoms with E-state index in [1.54, 1.807) is 0 Å². The summed E-state index contributed by atoms with van der Waals surface area (Å²) < 4.78 is 34.6. The minimum Gasteiger partial charge on any atom is -0.376 e. The number of hydrogen-bond acceptors (Lipinski definition) is 3. The zero-order valence-electron chi connectivity index (χ0n) is 15.3. The summed E-state index contributed by atoms with van der Waals surface area (Å²) in [6, 6.07) is 0. The minimum absolute atomic E-state index is 0.0760. The molecule has 0 radical (unpaired) electrons. The molecule has 0 N–H and O–H groups in total. The van der Waals surface area contributed by atoms with E-state index in [9.17, 15) is 13.6 Å². The maximum atomic E-state index is 14.4. The van der Waals surface area contributed by atoms with Crippen molar-refractivity contribution < 1.29 is 18.3 Å². The van der Waals surface area contributed by atoms with Gasteiger partial charge in [0.25, 0.3) is 5.91 Å². The van der Waals surface area contributed by atoms with Crippen LogP contribution in [0, 0.1) is 5.92 Å². The lowest BCUT2D eigenvalue weighted by molar-refractivity contribution is -0.162. The highest BCUT2D eigenvalue weighted by Crippen LogP contribution is 2.35. The molecule has 0 aromatic carbocycles. The number of rotatable bonds is 6. The molecular weight excluding hydrogens is 314 g/mol. The van der Waals surface area contributed by atoms with Gasteiger partial charge in [-0.2, -0.15) is 8.78 Å². The summed E-state index contributed by atoms with van der Waals surface area (Å²) >= 11 is 0. The molecule has 0 atom stereocenters. The number of piperazine rings is 1. The van der Waals surface area contributed by atoms with Crippen LogP contribution in [0.5, 0.6) is 0 Å². The number of alkyl halides is 2. The van der Waals surface area contributed by atoms with Crippen molar-refractivity contribution in [3.63, 3.8) is 0 Å². The van der Waals surface area contributed by atoms with Gasteiger partial charge in [0, 0.05) is 32.6 Å². The van der Waals surface area contributed by atoms with Crippen molar-refractivity contribution in [2.45, 2.75) is 71.0 Å². The SMILES string of the molecule is CCN1CCN(C(=O)C(F)(F)CC2CCC(OC(C)C)CC2)CC1. The van der Waals surface area contributed by atoms with Crippen LogP contribution in [-0.4, -0.2) is 66.6 Å². The van der Waals surface area contributed by atoms with Gasteiger partial charge in [0.15, 0.2) is 0 Å². The summed E-state index contributed by atoms with van der Waals surface area (Å²) in [6.07, 6.45) is 3.15. The fourth-order valence-corrected chi connectivity index (χ4v) is 3.81. The Morgan fingerprint density at radius 1 is 1.12 bits per heavy atom. The van der Waals surface area contributed by atoms with Gasteiger partial charge in [-0.1, -0.05) is 6.92 Å². The maximum Gasteiger partial charge on any atom is 0.325 e. The fourth-order valence-electron chi connectivity index (χ4n) is 3.81. The maximum absolute atomic E-state index is 14.4. The van der Waals surface area contributed by atoms with E-state index in [4.69, 9.17) is 4.74 Å². The van der Waals surface area contributed by atoms with E-state index in [2.05, 4.69) is 4.90 Å². The van der Waals surface area contributed by atoms with Crippen molar-refractivity contribution in [2.75, 3.05) is 32.7 Å². The first-order chi connectivity index (χ1) is 11.3. The van der Waals surface area contributed by atoms with Crippen LogP contribution in [0.25, 0.3) is 0 Å². The lowest BCUT2D eigenvalue weighted by Crippen LogP contribution is -2.53. The highest BCUT2D eigenvalue weighted by molar-refractivity contribution is 5.83. The molecule has 1 aliphatic heterocycles. The Kier molecular flexibility index (Phi) is 6.99. The molecule has 1 heterocycles. The number of ether oxygens (including phenoxy) is 1. The van der Waals surface area contributed by atoms with Crippen molar-refractivity contribution in [1.82, 2.24) is 9.80 Å². The van der Waals surface area contributed by atoms with E-state index in [1.807, 2.05) is 20.8 Å². The lowest BCUT2D eigenvalue weighted by atomic mass is 9.83. The number of nitrogens with zero attached hydrogens (tertiary/aromatic N) is 2. The molecule has 0 aromatic heterocycles. The molecular formula is C18H32F2N2O2. The molecule has 0 aromatic rings. The normalized spacial score (nSPS) is 26.8. The quantitative estimate of drug-likeness (QED) is 0.741. The Bertz CT molecular complexity index is 402. The van der Waals surface area contributed by atoms with Crippen molar-refractivity contribution in [2.24, 2.45) is 5.92 Å². The summed E-state index contributed by atoms with van der Waals surface area (Å²) in [5.74, 6) is -4.28. The monoisotopic (exact) mass is 346 g/mol. The minimum atomic E-state index is -3.23. The van der Waals surface area contributed by atoms with Crippen LogP contribution < -0.4 is 0 Å². The third-order valence-electron chi connectivity index (χ3n) is 5.22. The first-order valence-corrected chi connectivity index (χ1v) is 9.36. The molecule has 1 saturated heterocycles. The average molecular weight is 346 g/mol. The smallest absolute Gasteiger partial charge is 0.325 e. The Morgan fingerprint density at radius 2 is 1.71 bits per heavy atom. The number of likely N-dealkylation sites (N-methyl/N-ethyl adjacent to an activating group) is 1. The van der Waals surface area contributed by atoms with Gasteiger partial charge in [0.05, 0.1) is 12.2 Å². The van der Waals surface area contributed by atoms with Crippen LogP contribution in [0.15, 0.2) is 0 Å². The van der Waals surface area contributed by atoms with E-state index in [0.717, 1.165) is 32.2 Å². The number of amides is 1. The molecule has 0 bridgehead atoms. The van der Waals surface area contributed by atoms with Gasteiger partial charge in [0.1, 0.15) is 0 Å². The zero-order valence-corrected chi connectivity index (χ0v) is 15.3. The first kappa shape index (κ1) is 19.6. The van der Waals surface area contributed by atoms with Crippen LogP contribution in [0.4, 0.5) is 8.78 Å². The van der Waals surface area contributed by atoms with Crippen molar-refractivity contribution >= 4 is 5.91 Å². The molecule has 1 aliphatic carbocycles. The number of hydrogen-bond donors (Lipinski definition) is 0. The topological polar surface area (TPSA) is 32.8 Å². The van der Waals surface area contributed by atoms with Crippen LogP contribution in [-0.2, 0) is 9.53 Å². The third-order valence-corrected chi connectivity index (χ3v) is 5.22. The predicted octanol–water partition coefficient (Wildman–Crippen LogP) is 3.16. The summed E-state index contributed by atoms with van der Waals surface area (Å²) in [4.78, 5) is 15.8. The van der Waals surface area contributed by atoms with Gasteiger partial charge in [-0.3, -0.25) is 4.79 Å². The number of halogens is 2. The van der Waals surface area contributed by atoms with E-state index in [-0.39, 0.29) is 24.5 Å². The van der Waals surface area contributed by atoms with E-state index in [0.29, 0.717) is 26.2 Å². The van der Waals surface area contributed by atoms with Gasteiger partial charge < -0.3 is 14.5 Å². The standard InChI is InChI=1S/C18H32F2N2O2/c1-4-21-9-11-22(12-10-21)17(23)18(19,20)13-15-5-7-16(8-6-15)24-14(2)3/h14-16H,4-13H2,1-3H3. The van der Waals surface area contributed by atoms with Gasteiger partial charge in [-0.05, 0) is 52.0 Å². The largest absolute Gasteiger partial charge is 0.376 e. The Hall–Kier alpha value is -0.750. The third kappa shape index (κ3) is 5.38. The van der Waals surface area contributed by atoms with Crippen LogP contribution in [0.2, 0.25) is 0 Å². The molecule has 4 nitrogen and oxygen atoms in total. The summed E-state index contributed by atoms with van der Waals surface area (Å²) in [6.45, 7) is 9.15. The van der Waals surface area contributed by atoms with Gasteiger partial charge in [0.2, 0.25) is 0 Å². The van der Waals surface area contributed by atoms with Gasteiger partial charge >= 0.3 is 5.92 Å². The second-order valence-electron chi connectivity index (χ2n) is 7.46. The van der Waals surface area contributed by atoms with Gasteiger partial charge in [-0.15, -0.1) is 0 Å². The molecule has 140 valence electrons. The second-order valence-corrected chi connectivity index (χ2v) is 7.46. The number of carbonyl (C=O) groups excluding carboxylic acids is 1. The van der Waals surface area contributed by atoms with E-state index in [1.165, 1.54) is 4.90 Å². The molecule has 1 amide bonds. The highest BCUT2D eigenvalue weighted by Gasteiger charge is 2.44. The van der Waals surface area contributed by atoms with E-state index < -0.39 is 11.8 Å².